The fourth-order valence-corrected chi connectivity index (χ4v) is 4.31. The first-order valence-corrected chi connectivity index (χ1v) is 12.6. The summed E-state index contributed by atoms with van der Waals surface area (Å²) in [4.78, 5) is 14.3. The lowest BCUT2D eigenvalue weighted by atomic mass is 10.1. The standard InChI is InChI=1S/C26H28N6O3S/c1-4-5-6-8-19(2)23-24(32-17-18-35-26(32)31-23)22-13-16-28-25(30-22)27-14-7-15-29-36(33)21-11-9-20(34-3)10-12-21/h4-6,8-13,16-18,29H,2,7,14-15H2,1,3H3,(H,27,28,30)/b5-4-,8-6-. The van der Waals surface area contributed by atoms with Crippen LogP contribution in [0.3, 0.4) is 0 Å². The number of benzene rings is 1. The lowest BCUT2D eigenvalue weighted by Crippen LogP contribution is -2.21. The van der Waals surface area contributed by atoms with Gasteiger partial charge in [-0.1, -0.05) is 30.9 Å². The molecule has 1 aromatic carbocycles. The number of aromatic nitrogens is 4. The Morgan fingerprint density at radius 3 is 2.81 bits per heavy atom. The number of oxazole rings is 1. The molecule has 2 N–H and O–H groups in total. The van der Waals surface area contributed by atoms with Crippen LogP contribution in [0.5, 0.6) is 5.75 Å². The number of anilines is 1. The predicted molar refractivity (Wildman–Crippen MR) is 142 cm³/mol. The van der Waals surface area contributed by atoms with Crippen LogP contribution in [-0.4, -0.2) is 43.8 Å². The largest absolute Gasteiger partial charge is 0.497 e. The molecule has 4 rings (SSSR count). The Balaban J connectivity index is 1.39. The van der Waals surface area contributed by atoms with Crippen molar-refractivity contribution in [2.24, 2.45) is 0 Å². The van der Waals surface area contributed by atoms with Gasteiger partial charge in [0.15, 0.2) is 0 Å². The molecule has 0 saturated heterocycles. The zero-order valence-corrected chi connectivity index (χ0v) is 21.0. The summed E-state index contributed by atoms with van der Waals surface area (Å²) in [6.45, 7) is 7.28. The normalized spacial score (nSPS) is 12.5. The fourth-order valence-electron chi connectivity index (χ4n) is 3.43. The lowest BCUT2D eigenvalue weighted by Gasteiger charge is -2.08. The Labute approximate surface area is 212 Å². The minimum absolute atomic E-state index is 0.463. The summed E-state index contributed by atoms with van der Waals surface area (Å²) in [5.74, 6) is 1.68. The number of hydrogen-bond acceptors (Lipinski definition) is 7. The summed E-state index contributed by atoms with van der Waals surface area (Å²) >= 11 is 0. The van der Waals surface area contributed by atoms with E-state index in [1.54, 1.807) is 50.0 Å². The van der Waals surface area contributed by atoms with E-state index in [4.69, 9.17) is 9.15 Å². The third-order valence-electron chi connectivity index (χ3n) is 5.21. The van der Waals surface area contributed by atoms with Crippen LogP contribution in [0.2, 0.25) is 0 Å². The molecule has 1 unspecified atom stereocenters. The Bertz CT molecular complexity index is 1400. The van der Waals surface area contributed by atoms with Gasteiger partial charge in [0, 0.05) is 25.5 Å². The number of methoxy groups -OCH3 is 1. The summed E-state index contributed by atoms with van der Waals surface area (Å²) in [5.41, 5.74) is 2.89. The molecule has 0 bridgehead atoms. The molecule has 0 spiro atoms. The number of rotatable bonds is 12. The van der Waals surface area contributed by atoms with Crippen molar-refractivity contribution < 1.29 is 13.4 Å². The highest BCUT2D eigenvalue weighted by molar-refractivity contribution is 7.83. The third kappa shape index (κ3) is 5.96. The monoisotopic (exact) mass is 504 g/mol. The molecule has 0 amide bonds. The fraction of sp³-hybridized carbons (Fsp3) is 0.192. The van der Waals surface area contributed by atoms with Crippen LogP contribution >= 0.6 is 0 Å². The van der Waals surface area contributed by atoms with Crippen molar-refractivity contribution in [2.45, 2.75) is 18.2 Å². The van der Waals surface area contributed by atoms with Gasteiger partial charge in [-0.25, -0.2) is 18.9 Å². The van der Waals surface area contributed by atoms with Crippen molar-refractivity contribution in [3.8, 4) is 17.1 Å². The molecular formula is C26H28N6O3S. The number of imidazole rings is 1. The van der Waals surface area contributed by atoms with Gasteiger partial charge in [0.1, 0.15) is 34.4 Å². The van der Waals surface area contributed by atoms with Gasteiger partial charge in [-0.2, -0.15) is 4.98 Å². The first-order valence-electron chi connectivity index (χ1n) is 11.4. The molecular weight excluding hydrogens is 476 g/mol. The summed E-state index contributed by atoms with van der Waals surface area (Å²) in [5, 5.41) is 3.23. The SMILES string of the molecule is C=C(/C=C\C=C/C)c1nc2occn2c1-c1ccnc(NCCCNS(=O)c2ccc(OC)cc2)n1. The third-order valence-corrected chi connectivity index (χ3v) is 6.38. The van der Waals surface area contributed by atoms with Crippen LogP contribution in [0.4, 0.5) is 5.95 Å². The van der Waals surface area contributed by atoms with Crippen LogP contribution < -0.4 is 14.8 Å². The van der Waals surface area contributed by atoms with E-state index < -0.39 is 11.0 Å². The highest BCUT2D eigenvalue weighted by Crippen LogP contribution is 2.29. The van der Waals surface area contributed by atoms with Gasteiger partial charge in [-0.05, 0) is 49.2 Å². The van der Waals surface area contributed by atoms with E-state index in [1.165, 1.54) is 0 Å². The van der Waals surface area contributed by atoms with Gasteiger partial charge in [-0.15, -0.1) is 0 Å². The van der Waals surface area contributed by atoms with Crippen LogP contribution in [0, 0.1) is 0 Å². The summed E-state index contributed by atoms with van der Waals surface area (Å²) in [6.07, 6.45) is 13.5. The average Bonchev–Trinajstić information content (AvgIpc) is 3.50. The van der Waals surface area contributed by atoms with E-state index in [-0.39, 0.29) is 0 Å². The number of hydrogen-bond donors (Lipinski definition) is 2. The highest BCUT2D eigenvalue weighted by Gasteiger charge is 2.19. The second-order valence-electron chi connectivity index (χ2n) is 7.66. The maximum Gasteiger partial charge on any atom is 0.306 e. The van der Waals surface area contributed by atoms with Gasteiger partial charge in [0.05, 0.1) is 17.7 Å². The quantitative estimate of drug-likeness (QED) is 0.214. The topological polar surface area (TPSA) is 107 Å². The van der Waals surface area contributed by atoms with Crippen molar-refractivity contribution >= 4 is 28.4 Å². The summed E-state index contributed by atoms with van der Waals surface area (Å²) in [7, 11) is 0.314. The van der Waals surface area contributed by atoms with Crippen LogP contribution in [0.25, 0.3) is 22.8 Å². The minimum atomic E-state index is -1.29. The maximum atomic E-state index is 12.4. The highest BCUT2D eigenvalue weighted by atomic mass is 32.2. The number of allylic oxidation sites excluding steroid dienone is 5. The number of ether oxygens (including phenoxy) is 1. The second-order valence-corrected chi connectivity index (χ2v) is 8.96. The molecule has 4 aromatic rings. The molecule has 9 nitrogen and oxygen atoms in total. The molecule has 0 radical (unpaired) electrons. The maximum absolute atomic E-state index is 12.4. The van der Waals surface area contributed by atoms with Gasteiger partial charge in [-0.3, -0.25) is 4.40 Å². The van der Waals surface area contributed by atoms with Gasteiger partial charge in [0.25, 0.3) is 0 Å². The number of nitrogens with one attached hydrogen (secondary N) is 2. The molecule has 10 heteroatoms. The summed E-state index contributed by atoms with van der Waals surface area (Å²) < 4.78 is 27.9. The first kappa shape index (κ1) is 25.1. The van der Waals surface area contributed by atoms with E-state index in [9.17, 15) is 4.21 Å². The van der Waals surface area contributed by atoms with Crippen LogP contribution in [-0.2, 0) is 11.0 Å². The predicted octanol–water partition coefficient (Wildman–Crippen LogP) is 4.65. The first-order chi connectivity index (χ1) is 17.6. The molecule has 0 fully saturated rings. The van der Waals surface area contributed by atoms with E-state index >= 15 is 0 Å². The van der Waals surface area contributed by atoms with Crippen molar-refractivity contribution in [3.05, 3.63) is 85.6 Å². The number of nitrogens with zero attached hydrogens (tertiary/aromatic N) is 4. The van der Waals surface area contributed by atoms with Gasteiger partial charge < -0.3 is 14.5 Å². The molecule has 0 aliphatic rings. The van der Waals surface area contributed by atoms with Crippen LogP contribution in [0.15, 0.2) is 89.2 Å². The van der Waals surface area contributed by atoms with E-state index in [0.717, 1.165) is 23.4 Å². The summed E-state index contributed by atoms with van der Waals surface area (Å²) in [6, 6.07) is 8.97. The Morgan fingerprint density at radius 2 is 2.03 bits per heavy atom. The molecule has 0 aliphatic carbocycles. The molecule has 1 atom stereocenters. The van der Waals surface area contributed by atoms with Crippen molar-refractivity contribution in [1.29, 1.82) is 0 Å². The van der Waals surface area contributed by atoms with Crippen molar-refractivity contribution in [3.63, 3.8) is 0 Å². The smallest absolute Gasteiger partial charge is 0.306 e. The average molecular weight is 505 g/mol. The van der Waals surface area contributed by atoms with E-state index in [0.29, 0.717) is 41.2 Å². The Morgan fingerprint density at radius 1 is 1.19 bits per heavy atom. The van der Waals surface area contributed by atoms with Crippen molar-refractivity contribution in [2.75, 3.05) is 25.5 Å². The second kappa shape index (κ2) is 12.1. The lowest BCUT2D eigenvalue weighted by molar-refractivity contribution is 0.414. The van der Waals surface area contributed by atoms with E-state index in [2.05, 4.69) is 31.6 Å². The van der Waals surface area contributed by atoms with E-state index in [1.807, 2.05) is 41.7 Å². The van der Waals surface area contributed by atoms with Crippen molar-refractivity contribution in [1.82, 2.24) is 24.1 Å². The van der Waals surface area contributed by atoms with Gasteiger partial charge >= 0.3 is 5.84 Å². The zero-order valence-electron chi connectivity index (χ0n) is 20.2. The zero-order chi connectivity index (χ0) is 25.3. The molecule has 3 heterocycles. The Hall–Kier alpha value is -4.02. The number of fused-ring (bicyclic) bond motifs is 1. The molecule has 36 heavy (non-hydrogen) atoms. The minimum Gasteiger partial charge on any atom is -0.497 e. The van der Waals surface area contributed by atoms with Crippen LogP contribution in [0.1, 0.15) is 19.0 Å². The molecule has 0 aliphatic heterocycles. The molecule has 0 saturated carbocycles. The Kier molecular flexibility index (Phi) is 8.43. The molecule has 186 valence electrons. The molecule has 3 aromatic heterocycles. The van der Waals surface area contributed by atoms with Gasteiger partial charge in [0.2, 0.25) is 5.95 Å².